The average Bonchev–Trinajstić information content (AvgIpc) is 2.32. The Labute approximate surface area is 101 Å². The van der Waals surface area contributed by atoms with Crippen LogP contribution in [-0.4, -0.2) is 23.5 Å². The van der Waals surface area contributed by atoms with Crippen LogP contribution in [0, 0.1) is 0 Å². The number of amides is 1. The van der Waals surface area contributed by atoms with Crippen molar-refractivity contribution in [3.8, 4) is 5.88 Å². The molecule has 0 saturated carbocycles. The number of carbonyl (C=O) groups is 1. The van der Waals surface area contributed by atoms with Crippen molar-refractivity contribution in [2.75, 3.05) is 11.9 Å². The summed E-state index contributed by atoms with van der Waals surface area (Å²) in [5.41, 5.74) is 6.29. The number of carbonyl (C=O) groups excluding carboxylic acids is 1. The Kier molecular flexibility index (Phi) is 5.42. The Morgan fingerprint density at radius 2 is 2.35 bits per heavy atom. The van der Waals surface area contributed by atoms with Gasteiger partial charge in [0.2, 0.25) is 11.8 Å². The second-order valence-corrected chi connectivity index (χ2v) is 3.67. The summed E-state index contributed by atoms with van der Waals surface area (Å²) in [6, 6.07) is 2.99. The van der Waals surface area contributed by atoms with E-state index in [0.29, 0.717) is 24.6 Å². The largest absolute Gasteiger partial charge is 0.476 e. The van der Waals surface area contributed by atoms with E-state index in [2.05, 4.69) is 10.3 Å². The van der Waals surface area contributed by atoms with Gasteiger partial charge in [-0.2, -0.15) is 0 Å². The van der Waals surface area contributed by atoms with Crippen molar-refractivity contribution in [1.29, 1.82) is 0 Å². The van der Waals surface area contributed by atoms with Gasteiger partial charge in [-0.3, -0.25) is 4.79 Å². The number of rotatable bonds is 6. The van der Waals surface area contributed by atoms with E-state index in [9.17, 15) is 4.79 Å². The van der Waals surface area contributed by atoms with Gasteiger partial charge in [0.25, 0.3) is 0 Å². The molecular weight excluding hydrogens is 218 g/mol. The number of aromatic nitrogens is 1. The molecule has 17 heavy (non-hydrogen) atoms. The quantitative estimate of drug-likeness (QED) is 0.787. The van der Waals surface area contributed by atoms with Crippen molar-refractivity contribution >= 4 is 11.6 Å². The van der Waals surface area contributed by atoms with E-state index in [0.717, 1.165) is 6.42 Å². The van der Waals surface area contributed by atoms with Gasteiger partial charge in [-0.05, 0) is 25.5 Å². The minimum atomic E-state index is -0.491. The molecular formula is C12H19N3O2. The zero-order valence-electron chi connectivity index (χ0n) is 10.3. The number of hydrogen-bond donors (Lipinski definition) is 2. The second-order valence-electron chi connectivity index (χ2n) is 3.67. The molecule has 1 amide bonds. The number of hydrogen-bond acceptors (Lipinski definition) is 4. The molecule has 0 aliphatic rings. The monoisotopic (exact) mass is 237 g/mol. The highest BCUT2D eigenvalue weighted by molar-refractivity contribution is 5.95. The highest BCUT2D eigenvalue weighted by atomic mass is 16.5. The van der Waals surface area contributed by atoms with E-state index < -0.39 is 6.04 Å². The summed E-state index contributed by atoms with van der Waals surface area (Å²) < 4.78 is 5.31. The molecule has 5 heteroatoms. The van der Waals surface area contributed by atoms with Gasteiger partial charge < -0.3 is 15.8 Å². The van der Waals surface area contributed by atoms with E-state index in [-0.39, 0.29) is 5.91 Å². The topological polar surface area (TPSA) is 77.2 Å². The standard InChI is InChI=1S/C12H19N3O2/c1-3-6-9(13)11(16)15-10-7-5-8-14-12(10)17-4-2/h5,7-9H,3-4,6,13H2,1-2H3,(H,15,16)/t9-/m0/s1. The third-order valence-corrected chi connectivity index (χ3v) is 2.25. The maximum Gasteiger partial charge on any atom is 0.241 e. The molecule has 1 heterocycles. The van der Waals surface area contributed by atoms with Gasteiger partial charge in [0.15, 0.2) is 0 Å². The van der Waals surface area contributed by atoms with Gasteiger partial charge in [0, 0.05) is 6.20 Å². The summed E-state index contributed by atoms with van der Waals surface area (Å²) >= 11 is 0. The van der Waals surface area contributed by atoms with Gasteiger partial charge >= 0.3 is 0 Å². The lowest BCUT2D eigenvalue weighted by Crippen LogP contribution is -2.35. The fraction of sp³-hybridized carbons (Fsp3) is 0.500. The molecule has 1 rings (SSSR count). The minimum Gasteiger partial charge on any atom is -0.476 e. The predicted molar refractivity (Wildman–Crippen MR) is 66.9 cm³/mol. The lowest BCUT2D eigenvalue weighted by atomic mass is 10.1. The third-order valence-electron chi connectivity index (χ3n) is 2.25. The van der Waals surface area contributed by atoms with Crippen LogP contribution in [0.4, 0.5) is 5.69 Å². The second kappa shape index (κ2) is 6.85. The maximum absolute atomic E-state index is 11.7. The third kappa shape index (κ3) is 4.03. The van der Waals surface area contributed by atoms with E-state index >= 15 is 0 Å². The fourth-order valence-corrected chi connectivity index (χ4v) is 1.41. The maximum atomic E-state index is 11.7. The zero-order chi connectivity index (χ0) is 12.7. The summed E-state index contributed by atoms with van der Waals surface area (Å²) in [7, 11) is 0. The molecule has 0 saturated heterocycles. The number of ether oxygens (including phenoxy) is 1. The smallest absolute Gasteiger partial charge is 0.241 e. The first kappa shape index (κ1) is 13.4. The van der Waals surface area contributed by atoms with Crippen LogP contribution < -0.4 is 15.8 Å². The van der Waals surface area contributed by atoms with Crippen LogP contribution in [0.1, 0.15) is 26.7 Å². The van der Waals surface area contributed by atoms with Gasteiger partial charge in [-0.15, -0.1) is 0 Å². The molecule has 0 aromatic carbocycles. The highest BCUT2D eigenvalue weighted by Gasteiger charge is 2.14. The van der Waals surface area contributed by atoms with Crippen molar-refractivity contribution < 1.29 is 9.53 Å². The van der Waals surface area contributed by atoms with Crippen LogP contribution in [-0.2, 0) is 4.79 Å². The molecule has 0 unspecified atom stereocenters. The van der Waals surface area contributed by atoms with Crippen molar-refractivity contribution in [3.63, 3.8) is 0 Å². The number of pyridine rings is 1. The van der Waals surface area contributed by atoms with Crippen LogP contribution in [0.3, 0.4) is 0 Å². The Morgan fingerprint density at radius 3 is 3.00 bits per heavy atom. The molecule has 0 bridgehead atoms. The van der Waals surface area contributed by atoms with Crippen molar-refractivity contribution in [1.82, 2.24) is 4.98 Å². The van der Waals surface area contributed by atoms with Crippen LogP contribution in [0.5, 0.6) is 5.88 Å². The number of nitrogens with zero attached hydrogens (tertiary/aromatic N) is 1. The number of nitrogens with two attached hydrogens (primary N) is 1. The van der Waals surface area contributed by atoms with E-state index in [1.165, 1.54) is 0 Å². The Bertz CT molecular complexity index is 369. The fourth-order valence-electron chi connectivity index (χ4n) is 1.41. The molecule has 0 aliphatic carbocycles. The molecule has 1 aromatic heterocycles. The van der Waals surface area contributed by atoms with Gasteiger partial charge in [0.05, 0.1) is 12.6 Å². The van der Waals surface area contributed by atoms with Crippen LogP contribution in [0.25, 0.3) is 0 Å². The molecule has 94 valence electrons. The molecule has 0 aliphatic heterocycles. The first-order valence-electron chi connectivity index (χ1n) is 5.83. The predicted octanol–water partition coefficient (Wildman–Crippen LogP) is 1.55. The Balaban J connectivity index is 2.70. The summed E-state index contributed by atoms with van der Waals surface area (Å²) in [5.74, 6) is 0.216. The van der Waals surface area contributed by atoms with Gasteiger partial charge in [0.1, 0.15) is 5.69 Å². The molecule has 1 atom stereocenters. The highest BCUT2D eigenvalue weighted by Crippen LogP contribution is 2.20. The van der Waals surface area contributed by atoms with Gasteiger partial charge in [-0.1, -0.05) is 13.3 Å². The molecule has 5 nitrogen and oxygen atoms in total. The van der Waals surface area contributed by atoms with Crippen molar-refractivity contribution in [2.24, 2.45) is 5.73 Å². The number of nitrogens with one attached hydrogen (secondary N) is 1. The van der Waals surface area contributed by atoms with Gasteiger partial charge in [-0.25, -0.2) is 4.98 Å². The van der Waals surface area contributed by atoms with Crippen molar-refractivity contribution in [3.05, 3.63) is 18.3 Å². The molecule has 1 aromatic rings. The Hall–Kier alpha value is -1.62. The summed E-state index contributed by atoms with van der Waals surface area (Å²) in [4.78, 5) is 15.8. The van der Waals surface area contributed by atoms with E-state index in [1.807, 2.05) is 13.8 Å². The SMILES string of the molecule is CCC[C@H](N)C(=O)Nc1cccnc1OCC. The molecule has 0 fully saturated rings. The molecule has 3 N–H and O–H groups in total. The molecule has 0 radical (unpaired) electrons. The first-order valence-corrected chi connectivity index (χ1v) is 5.83. The van der Waals surface area contributed by atoms with Crippen LogP contribution >= 0.6 is 0 Å². The lowest BCUT2D eigenvalue weighted by Gasteiger charge is -2.13. The molecule has 0 spiro atoms. The van der Waals surface area contributed by atoms with Crippen LogP contribution in [0.15, 0.2) is 18.3 Å². The minimum absolute atomic E-state index is 0.208. The van der Waals surface area contributed by atoms with E-state index in [4.69, 9.17) is 10.5 Å². The normalized spacial score (nSPS) is 11.9. The van der Waals surface area contributed by atoms with E-state index in [1.54, 1.807) is 18.3 Å². The summed E-state index contributed by atoms with van der Waals surface area (Å²) in [6.07, 6.45) is 3.16. The summed E-state index contributed by atoms with van der Waals surface area (Å²) in [6.45, 7) is 4.35. The zero-order valence-corrected chi connectivity index (χ0v) is 10.3. The Morgan fingerprint density at radius 1 is 1.59 bits per heavy atom. The van der Waals surface area contributed by atoms with Crippen molar-refractivity contribution in [2.45, 2.75) is 32.7 Å². The van der Waals surface area contributed by atoms with Crippen LogP contribution in [0.2, 0.25) is 0 Å². The average molecular weight is 237 g/mol. The number of anilines is 1. The summed E-state index contributed by atoms with van der Waals surface area (Å²) in [5, 5.41) is 2.73. The lowest BCUT2D eigenvalue weighted by molar-refractivity contribution is -0.117. The first-order chi connectivity index (χ1) is 8.19.